The summed E-state index contributed by atoms with van der Waals surface area (Å²) in [5, 5.41) is 1.09. The van der Waals surface area contributed by atoms with Gasteiger partial charge in [-0.05, 0) is 31.6 Å². The van der Waals surface area contributed by atoms with Crippen LogP contribution in [0.25, 0.3) is 17.0 Å². The van der Waals surface area contributed by atoms with Gasteiger partial charge in [0, 0.05) is 29.2 Å². The van der Waals surface area contributed by atoms with Crippen LogP contribution in [0, 0.1) is 6.92 Å². The molecule has 0 saturated heterocycles. The van der Waals surface area contributed by atoms with E-state index in [1.54, 1.807) is 11.5 Å². The maximum Gasteiger partial charge on any atom is 0.338 e. The monoisotopic (exact) mass is 457 g/mol. The number of carbonyl (C=O) groups excluding carboxylic acids is 1. The number of hydrogen-bond acceptors (Lipinski definition) is 5. The number of para-hydroxylation sites is 1. The summed E-state index contributed by atoms with van der Waals surface area (Å²) in [6.07, 6.45) is 1.95. The Morgan fingerprint density at radius 2 is 1.79 bits per heavy atom. The van der Waals surface area contributed by atoms with Gasteiger partial charge in [0.05, 0.1) is 29.0 Å². The van der Waals surface area contributed by atoms with Crippen molar-refractivity contribution in [2.45, 2.75) is 19.9 Å². The zero-order valence-electron chi connectivity index (χ0n) is 18.8. The maximum atomic E-state index is 13.7. The minimum absolute atomic E-state index is 0.172. The average Bonchev–Trinajstić information content (AvgIpc) is 3.27. The molecule has 7 heteroatoms. The number of aryl methyl sites for hydroxylation is 1. The normalized spacial score (nSPS) is 16.1. The highest BCUT2D eigenvalue weighted by atomic mass is 32.1. The molecular formula is C26H23N3O3S. The van der Waals surface area contributed by atoms with Crippen molar-refractivity contribution < 1.29 is 9.53 Å². The van der Waals surface area contributed by atoms with Crippen molar-refractivity contribution in [3.05, 3.63) is 102 Å². The SMILES string of the molecule is COC(=O)C1=C(C)N=c2sc(=Cc3c(C)n(C)c4ccccc34)c(=O)n2C1c1ccccc1. The number of rotatable bonds is 3. The minimum atomic E-state index is -0.592. The van der Waals surface area contributed by atoms with Crippen LogP contribution in [0.4, 0.5) is 0 Å². The molecule has 5 rings (SSSR count). The van der Waals surface area contributed by atoms with Crippen LogP contribution in [-0.2, 0) is 16.6 Å². The number of esters is 1. The van der Waals surface area contributed by atoms with Crippen molar-refractivity contribution in [1.29, 1.82) is 0 Å². The number of thiazole rings is 1. The highest BCUT2D eigenvalue weighted by Gasteiger charge is 2.32. The molecule has 6 nitrogen and oxygen atoms in total. The number of fused-ring (bicyclic) bond motifs is 2. The van der Waals surface area contributed by atoms with Gasteiger partial charge in [-0.1, -0.05) is 59.9 Å². The smallest absolute Gasteiger partial charge is 0.338 e. The Morgan fingerprint density at radius 1 is 1.09 bits per heavy atom. The third-order valence-corrected chi connectivity index (χ3v) is 7.25. The first-order valence-electron chi connectivity index (χ1n) is 10.6. The van der Waals surface area contributed by atoms with Crippen molar-refractivity contribution in [3.63, 3.8) is 0 Å². The fourth-order valence-electron chi connectivity index (χ4n) is 4.51. The fourth-order valence-corrected chi connectivity index (χ4v) is 5.54. The molecule has 3 heterocycles. The summed E-state index contributed by atoms with van der Waals surface area (Å²) in [6, 6.07) is 17.1. The van der Waals surface area contributed by atoms with Crippen molar-refractivity contribution in [3.8, 4) is 0 Å². The van der Waals surface area contributed by atoms with Crippen LogP contribution in [0.1, 0.15) is 29.8 Å². The predicted molar refractivity (Wildman–Crippen MR) is 130 cm³/mol. The topological polar surface area (TPSA) is 65.6 Å². The number of benzene rings is 2. The van der Waals surface area contributed by atoms with Crippen LogP contribution >= 0.6 is 11.3 Å². The second-order valence-electron chi connectivity index (χ2n) is 8.06. The van der Waals surface area contributed by atoms with Gasteiger partial charge in [0.2, 0.25) is 0 Å². The highest BCUT2D eigenvalue weighted by molar-refractivity contribution is 7.07. The molecular weight excluding hydrogens is 434 g/mol. The van der Waals surface area contributed by atoms with E-state index in [0.29, 0.717) is 20.6 Å². The van der Waals surface area contributed by atoms with Gasteiger partial charge in [-0.25, -0.2) is 9.79 Å². The Morgan fingerprint density at radius 3 is 2.52 bits per heavy atom. The number of carbonyl (C=O) groups is 1. The van der Waals surface area contributed by atoms with E-state index in [-0.39, 0.29) is 5.56 Å². The molecule has 1 aliphatic rings. The van der Waals surface area contributed by atoms with Crippen LogP contribution in [0.2, 0.25) is 0 Å². The zero-order chi connectivity index (χ0) is 23.3. The van der Waals surface area contributed by atoms with Gasteiger partial charge in [0.15, 0.2) is 4.80 Å². The molecule has 0 saturated carbocycles. The molecule has 0 amide bonds. The van der Waals surface area contributed by atoms with Crippen molar-refractivity contribution in [2.75, 3.05) is 7.11 Å². The van der Waals surface area contributed by atoms with Gasteiger partial charge in [-0.3, -0.25) is 9.36 Å². The van der Waals surface area contributed by atoms with Gasteiger partial charge in [0.1, 0.15) is 0 Å². The van der Waals surface area contributed by atoms with E-state index in [2.05, 4.69) is 28.6 Å². The lowest BCUT2D eigenvalue weighted by Crippen LogP contribution is -2.39. The van der Waals surface area contributed by atoms with Gasteiger partial charge in [0.25, 0.3) is 5.56 Å². The lowest BCUT2D eigenvalue weighted by Gasteiger charge is -2.24. The molecule has 4 aromatic rings. The molecule has 2 aromatic heterocycles. The van der Waals surface area contributed by atoms with Crippen molar-refractivity contribution >= 4 is 34.3 Å². The summed E-state index contributed by atoms with van der Waals surface area (Å²) in [5.41, 5.74) is 4.80. The van der Waals surface area contributed by atoms with Crippen LogP contribution in [0.5, 0.6) is 0 Å². The van der Waals surface area contributed by atoms with Crippen molar-refractivity contribution in [1.82, 2.24) is 9.13 Å². The molecule has 1 atom stereocenters. The molecule has 166 valence electrons. The lowest BCUT2D eigenvalue weighted by molar-refractivity contribution is -0.136. The van der Waals surface area contributed by atoms with E-state index in [4.69, 9.17) is 4.74 Å². The van der Waals surface area contributed by atoms with Crippen molar-refractivity contribution in [2.24, 2.45) is 12.0 Å². The Kier molecular flexibility index (Phi) is 5.13. The number of allylic oxidation sites excluding steroid dienone is 1. The largest absolute Gasteiger partial charge is 0.466 e. The van der Waals surface area contributed by atoms with Crippen LogP contribution in [-0.4, -0.2) is 22.2 Å². The highest BCUT2D eigenvalue weighted by Crippen LogP contribution is 2.30. The van der Waals surface area contributed by atoms with Gasteiger partial charge >= 0.3 is 5.97 Å². The lowest BCUT2D eigenvalue weighted by atomic mass is 9.96. The molecule has 0 N–H and O–H groups in total. The molecule has 0 spiro atoms. The first kappa shape index (κ1) is 21.2. The maximum absolute atomic E-state index is 13.7. The van der Waals surface area contributed by atoms with E-state index in [1.807, 2.05) is 55.6 Å². The van der Waals surface area contributed by atoms with E-state index < -0.39 is 12.0 Å². The summed E-state index contributed by atoms with van der Waals surface area (Å²) in [5.74, 6) is -0.482. The van der Waals surface area contributed by atoms with E-state index in [9.17, 15) is 9.59 Å². The Balaban J connectivity index is 1.80. The molecule has 1 aliphatic heterocycles. The van der Waals surface area contributed by atoms with E-state index in [0.717, 1.165) is 27.7 Å². The summed E-state index contributed by atoms with van der Waals surface area (Å²) in [4.78, 5) is 31.6. The van der Waals surface area contributed by atoms with Crippen LogP contribution < -0.4 is 14.9 Å². The quantitative estimate of drug-likeness (QED) is 0.444. The Hall–Kier alpha value is -3.71. The predicted octanol–water partition coefficient (Wildman–Crippen LogP) is 3.21. The number of ether oxygens (including phenoxy) is 1. The number of nitrogens with zero attached hydrogens (tertiary/aromatic N) is 3. The average molecular weight is 458 g/mol. The number of aromatic nitrogens is 2. The summed E-state index contributed by atoms with van der Waals surface area (Å²) in [7, 11) is 3.37. The minimum Gasteiger partial charge on any atom is -0.466 e. The molecule has 0 radical (unpaired) electrons. The molecule has 1 unspecified atom stereocenters. The summed E-state index contributed by atoms with van der Waals surface area (Å²) < 4.78 is 9.38. The first-order chi connectivity index (χ1) is 15.9. The molecule has 0 aliphatic carbocycles. The second-order valence-corrected chi connectivity index (χ2v) is 9.07. The Bertz CT molecular complexity index is 1620. The number of methoxy groups -OCH3 is 1. The van der Waals surface area contributed by atoms with Gasteiger partial charge < -0.3 is 9.30 Å². The molecule has 0 fully saturated rings. The van der Waals surface area contributed by atoms with E-state index in [1.165, 1.54) is 18.4 Å². The van der Waals surface area contributed by atoms with Gasteiger partial charge in [-0.15, -0.1) is 0 Å². The zero-order valence-corrected chi connectivity index (χ0v) is 19.6. The molecule has 0 bridgehead atoms. The van der Waals surface area contributed by atoms with Gasteiger partial charge in [-0.2, -0.15) is 0 Å². The Labute approximate surface area is 194 Å². The standard InChI is InChI=1S/C26H23N3O3S/c1-15-22(25(31)32-4)23(17-10-6-5-7-11-17)29-24(30)21(33-26(29)27-15)14-19-16(2)28(3)20-13-9-8-12-18(19)20/h5-14,23H,1-4H3. The number of hydrogen-bond donors (Lipinski definition) is 0. The van der Waals surface area contributed by atoms with Crippen LogP contribution in [0.3, 0.4) is 0 Å². The second kappa shape index (κ2) is 8.01. The third kappa shape index (κ3) is 3.27. The third-order valence-electron chi connectivity index (χ3n) is 6.27. The van der Waals surface area contributed by atoms with Crippen LogP contribution in [0.15, 0.2) is 75.7 Å². The summed E-state index contributed by atoms with van der Waals surface area (Å²) in [6.45, 7) is 3.84. The van der Waals surface area contributed by atoms with E-state index >= 15 is 0 Å². The fraction of sp³-hybridized carbons (Fsp3) is 0.192. The summed E-state index contributed by atoms with van der Waals surface area (Å²) >= 11 is 1.34. The first-order valence-corrected chi connectivity index (χ1v) is 11.4. The molecule has 2 aromatic carbocycles. The molecule has 33 heavy (non-hydrogen) atoms.